The normalized spacial score (nSPS) is 13.3. The summed E-state index contributed by atoms with van der Waals surface area (Å²) in [6.07, 6.45) is 2.32. The molecule has 1 aliphatic heterocycles. The van der Waals surface area contributed by atoms with E-state index < -0.39 is 0 Å². The molecule has 27 heavy (non-hydrogen) atoms. The molecule has 0 saturated carbocycles. The van der Waals surface area contributed by atoms with E-state index in [2.05, 4.69) is 34.0 Å². The number of benzene rings is 1. The molecule has 0 spiro atoms. The third-order valence-electron chi connectivity index (χ3n) is 4.60. The molecule has 0 bridgehead atoms. The highest BCUT2D eigenvalue weighted by Crippen LogP contribution is 2.34. The Hall–Kier alpha value is -2.83. The van der Waals surface area contributed by atoms with Crippen molar-refractivity contribution in [2.75, 3.05) is 32.2 Å². The molecule has 1 N–H and O–H groups in total. The number of anilines is 1. The summed E-state index contributed by atoms with van der Waals surface area (Å²) in [4.78, 5) is 22.9. The molecule has 0 saturated heterocycles. The van der Waals surface area contributed by atoms with Crippen LogP contribution < -0.4 is 19.7 Å². The molecule has 0 unspecified atom stereocenters. The average Bonchev–Trinajstić information content (AvgIpc) is 2.70. The Morgan fingerprint density at radius 3 is 2.52 bits per heavy atom. The Kier molecular flexibility index (Phi) is 5.78. The van der Waals surface area contributed by atoms with Gasteiger partial charge in [-0.3, -0.25) is 4.79 Å². The Morgan fingerprint density at radius 2 is 1.85 bits per heavy atom. The van der Waals surface area contributed by atoms with Gasteiger partial charge >= 0.3 is 0 Å². The lowest BCUT2D eigenvalue weighted by Crippen LogP contribution is -2.32. The van der Waals surface area contributed by atoms with Gasteiger partial charge in [-0.2, -0.15) is 0 Å². The predicted octanol–water partition coefficient (Wildman–Crippen LogP) is 2.44. The zero-order valence-electron chi connectivity index (χ0n) is 16.3. The molecular formula is C20H26N4O3. The van der Waals surface area contributed by atoms with Gasteiger partial charge in [0, 0.05) is 25.7 Å². The van der Waals surface area contributed by atoms with Gasteiger partial charge in [0.15, 0.2) is 11.5 Å². The molecule has 1 amide bonds. The van der Waals surface area contributed by atoms with E-state index in [4.69, 9.17) is 9.47 Å². The monoisotopic (exact) mass is 370 g/mol. The molecular weight excluding hydrogens is 344 g/mol. The molecule has 1 aromatic heterocycles. The second-order valence-corrected chi connectivity index (χ2v) is 7.01. The van der Waals surface area contributed by atoms with Crippen LogP contribution in [0, 0.1) is 5.92 Å². The van der Waals surface area contributed by atoms with Gasteiger partial charge in [-0.25, -0.2) is 9.97 Å². The van der Waals surface area contributed by atoms with E-state index in [0.717, 1.165) is 30.3 Å². The third kappa shape index (κ3) is 4.30. The average molecular weight is 370 g/mol. The van der Waals surface area contributed by atoms with Crippen LogP contribution in [-0.2, 0) is 13.0 Å². The number of methoxy groups -OCH3 is 2. The zero-order valence-corrected chi connectivity index (χ0v) is 16.3. The van der Waals surface area contributed by atoms with E-state index in [1.54, 1.807) is 20.3 Å². The van der Waals surface area contributed by atoms with Gasteiger partial charge in [0.25, 0.3) is 5.91 Å². The largest absolute Gasteiger partial charge is 0.493 e. The molecule has 144 valence electrons. The molecule has 0 radical (unpaired) electrons. The van der Waals surface area contributed by atoms with Gasteiger partial charge in [-0.15, -0.1) is 0 Å². The SMILES string of the molecule is COc1cc2c(cc1OC)CN(c1cc(C(=O)NCC(C)C)ncn1)CC2. The fourth-order valence-corrected chi connectivity index (χ4v) is 3.11. The Balaban J connectivity index is 1.79. The van der Waals surface area contributed by atoms with Crippen LogP contribution >= 0.6 is 0 Å². The molecule has 3 rings (SSSR count). The summed E-state index contributed by atoms with van der Waals surface area (Å²) in [5, 5.41) is 2.89. The van der Waals surface area contributed by atoms with Crippen LogP contribution in [0.5, 0.6) is 11.5 Å². The molecule has 1 aromatic carbocycles. The molecule has 7 heteroatoms. The van der Waals surface area contributed by atoms with Crippen LogP contribution in [0.25, 0.3) is 0 Å². The molecule has 2 aromatic rings. The minimum Gasteiger partial charge on any atom is -0.493 e. The lowest BCUT2D eigenvalue weighted by Gasteiger charge is -2.30. The van der Waals surface area contributed by atoms with Crippen molar-refractivity contribution < 1.29 is 14.3 Å². The molecule has 0 aliphatic carbocycles. The van der Waals surface area contributed by atoms with Crippen LogP contribution in [0.2, 0.25) is 0 Å². The molecule has 7 nitrogen and oxygen atoms in total. The van der Waals surface area contributed by atoms with E-state index in [-0.39, 0.29) is 5.91 Å². The number of rotatable bonds is 6. The second kappa shape index (κ2) is 8.24. The number of aromatic nitrogens is 2. The topological polar surface area (TPSA) is 76.6 Å². The van der Waals surface area contributed by atoms with Gasteiger partial charge < -0.3 is 19.7 Å². The summed E-state index contributed by atoms with van der Waals surface area (Å²) in [7, 11) is 3.28. The van der Waals surface area contributed by atoms with Gasteiger partial charge in [0.2, 0.25) is 0 Å². The predicted molar refractivity (Wildman–Crippen MR) is 104 cm³/mol. The third-order valence-corrected chi connectivity index (χ3v) is 4.60. The van der Waals surface area contributed by atoms with E-state index in [1.807, 2.05) is 12.1 Å². The van der Waals surface area contributed by atoms with E-state index in [0.29, 0.717) is 24.7 Å². The number of fused-ring (bicyclic) bond motifs is 1. The highest BCUT2D eigenvalue weighted by atomic mass is 16.5. The van der Waals surface area contributed by atoms with Gasteiger partial charge in [-0.05, 0) is 35.6 Å². The van der Waals surface area contributed by atoms with E-state index >= 15 is 0 Å². The van der Waals surface area contributed by atoms with Crippen molar-refractivity contribution in [3.8, 4) is 11.5 Å². The number of amides is 1. The van der Waals surface area contributed by atoms with Crippen molar-refractivity contribution in [3.05, 3.63) is 41.3 Å². The highest BCUT2D eigenvalue weighted by Gasteiger charge is 2.21. The minimum atomic E-state index is -0.170. The van der Waals surface area contributed by atoms with Gasteiger partial charge in [0.1, 0.15) is 17.8 Å². The summed E-state index contributed by atoms with van der Waals surface area (Å²) in [6.45, 7) is 6.24. The summed E-state index contributed by atoms with van der Waals surface area (Å²) in [5.74, 6) is 2.43. The first kappa shape index (κ1) is 18.9. The van der Waals surface area contributed by atoms with Crippen molar-refractivity contribution in [2.45, 2.75) is 26.8 Å². The number of hydrogen-bond donors (Lipinski definition) is 1. The second-order valence-electron chi connectivity index (χ2n) is 7.01. The Labute approximate surface area is 159 Å². The highest BCUT2D eigenvalue weighted by molar-refractivity contribution is 5.92. The van der Waals surface area contributed by atoms with Crippen LogP contribution in [0.4, 0.5) is 5.82 Å². The first-order valence-corrected chi connectivity index (χ1v) is 9.10. The van der Waals surface area contributed by atoms with Crippen molar-refractivity contribution in [1.82, 2.24) is 15.3 Å². The number of ether oxygens (including phenoxy) is 2. The van der Waals surface area contributed by atoms with Gasteiger partial charge in [0.05, 0.1) is 14.2 Å². The van der Waals surface area contributed by atoms with Crippen LogP contribution in [-0.4, -0.2) is 43.2 Å². The number of carbonyl (C=O) groups excluding carboxylic acids is 1. The van der Waals surface area contributed by atoms with Crippen molar-refractivity contribution in [1.29, 1.82) is 0 Å². The smallest absolute Gasteiger partial charge is 0.270 e. The molecule has 0 atom stereocenters. The van der Waals surface area contributed by atoms with Crippen molar-refractivity contribution >= 4 is 11.7 Å². The van der Waals surface area contributed by atoms with Gasteiger partial charge in [-0.1, -0.05) is 13.8 Å². The standard InChI is InChI=1S/C20H26N4O3/c1-13(2)10-21-20(25)16-9-19(23-12-22-16)24-6-5-14-7-17(26-3)18(27-4)8-15(14)11-24/h7-9,12-13H,5-6,10-11H2,1-4H3,(H,21,25). The first-order chi connectivity index (χ1) is 13.0. The summed E-state index contributed by atoms with van der Waals surface area (Å²) in [5.41, 5.74) is 2.80. The molecule has 2 heterocycles. The lowest BCUT2D eigenvalue weighted by atomic mass is 9.99. The Bertz CT molecular complexity index is 823. The molecule has 1 aliphatic rings. The maximum atomic E-state index is 12.3. The number of nitrogens with one attached hydrogen (secondary N) is 1. The van der Waals surface area contributed by atoms with Crippen LogP contribution in [0.3, 0.4) is 0 Å². The summed E-state index contributed by atoms with van der Waals surface area (Å²) in [6, 6.07) is 5.80. The van der Waals surface area contributed by atoms with E-state index in [9.17, 15) is 4.79 Å². The fourth-order valence-electron chi connectivity index (χ4n) is 3.11. The van der Waals surface area contributed by atoms with Crippen molar-refractivity contribution in [2.24, 2.45) is 5.92 Å². The Morgan fingerprint density at radius 1 is 1.15 bits per heavy atom. The summed E-state index contributed by atoms with van der Waals surface area (Å²) < 4.78 is 10.8. The maximum Gasteiger partial charge on any atom is 0.270 e. The fraction of sp³-hybridized carbons (Fsp3) is 0.450. The first-order valence-electron chi connectivity index (χ1n) is 9.10. The zero-order chi connectivity index (χ0) is 19.4. The summed E-state index contributed by atoms with van der Waals surface area (Å²) >= 11 is 0. The van der Waals surface area contributed by atoms with Crippen LogP contribution in [0.1, 0.15) is 35.5 Å². The minimum absolute atomic E-state index is 0.170. The quantitative estimate of drug-likeness (QED) is 0.842. The van der Waals surface area contributed by atoms with E-state index in [1.165, 1.54) is 17.5 Å². The van der Waals surface area contributed by atoms with Crippen molar-refractivity contribution in [3.63, 3.8) is 0 Å². The van der Waals surface area contributed by atoms with Crippen LogP contribution in [0.15, 0.2) is 24.5 Å². The maximum absolute atomic E-state index is 12.3. The number of nitrogens with zero attached hydrogens (tertiary/aromatic N) is 3. The number of carbonyl (C=O) groups is 1. The number of hydrogen-bond acceptors (Lipinski definition) is 6. The lowest BCUT2D eigenvalue weighted by molar-refractivity contribution is 0.0944. The molecule has 0 fully saturated rings.